The first kappa shape index (κ1) is 17.4. The summed E-state index contributed by atoms with van der Waals surface area (Å²) in [5.74, 6) is -0.924. The molecule has 1 aromatic rings. The molecule has 0 spiro atoms. The van der Waals surface area contributed by atoms with E-state index in [1.54, 1.807) is 0 Å². The summed E-state index contributed by atoms with van der Waals surface area (Å²) < 4.78 is 9.75. The molecule has 1 atom stereocenters. The van der Waals surface area contributed by atoms with Crippen LogP contribution in [0.4, 0.5) is 5.69 Å². The monoisotopic (exact) mass is 311 g/mol. The summed E-state index contributed by atoms with van der Waals surface area (Å²) in [7, 11) is 2.73. The lowest BCUT2D eigenvalue weighted by Crippen LogP contribution is -2.47. The number of hydrogen-bond acceptors (Lipinski definition) is 6. The van der Waals surface area contributed by atoms with Crippen LogP contribution >= 0.6 is 0 Å². The summed E-state index contributed by atoms with van der Waals surface area (Å²) in [6, 6.07) is 2.95. The Labute approximate surface area is 126 Å². The molecule has 0 saturated carbocycles. The van der Waals surface area contributed by atoms with Crippen molar-refractivity contribution in [1.82, 2.24) is 5.32 Å². The number of rotatable bonds is 8. The molecule has 9 heteroatoms. The van der Waals surface area contributed by atoms with Crippen molar-refractivity contribution in [3.8, 4) is 5.75 Å². The SMILES string of the molecule is COCC(=O)N[C@H](Cc1cc([N+](=O)[O-])ccc1OC)C(N)=O. The number of carbonyl (C=O) groups excluding carboxylic acids is 2. The number of amides is 2. The molecule has 0 aliphatic carbocycles. The Hall–Kier alpha value is -2.68. The van der Waals surface area contributed by atoms with Crippen LogP contribution in [-0.4, -0.2) is 43.6 Å². The summed E-state index contributed by atoms with van der Waals surface area (Å²) in [4.78, 5) is 33.2. The van der Waals surface area contributed by atoms with Gasteiger partial charge in [-0.25, -0.2) is 0 Å². The predicted octanol–water partition coefficient (Wildman–Crippen LogP) is -0.238. The van der Waals surface area contributed by atoms with Gasteiger partial charge in [0.15, 0.2) is 0 Å². The summed E-state index contributed by atoms with van der Waals surface area (Å²) >= 11 is 0. The molecule has 0 unspecified atom stereocenters. The molecule has 9 nitrogen and oxygen atoms in total. The van der Waals surface area contributed by atoms with Gasteiger partial charge in [-0.1, -0.05) is 0 Å². The zero-order valence-electron chi connectivity index (χ0n) is 12.2. The second-order valence-corrected chi connectivity index (χ2v) is 4.41. The highest BCUT2D eigenvalue weighted by Crippen LogP contribution is 2.25. The number of benzene rings is 1. The van der Waals surface area contributed by atoms with Crippen molar-refractivity contribution in [2.24, 2.45) is 5.73 Å². The molecule has 2 amide bonds. The Morgan fingerprint density at radius 3 is 2.59 bits per heavy atom. The molecule has 0 aliphatic heterocycles. The molecule has 0 bridgehead atoms. The van der Waals surface area contributed by atoms with Gasteiger partial charge in [-0.2, -0.15) is 0 Å². The van der Waals surface area contributed by atoms with Crippen LogP contribution in [0.5, 0.6) is 5.75 Å². The standard InChI is InChI=1S/C13H17N3O6/c1-21-7-12(17)15-10(13(14)18)6-8-5-9(16(19)20)3-4-11(8)22-2/h3-5,10H,6-7H2,1-2H3,(H2,14,18)(H,15,17)/t10-/m1/s1. The molecule has 1 aromatic carbocycles. The third-order valence-corrected chi connectivity index (χ3v) is 2.85. The highest BCUT2D eigenvalue weighted by molar-refractivity contribution is 5.87. The molecule has 0 aromatic heterocycles. The topological polar surface area (TPSA) is 134 Å². The molecule has 0 fully saturated rings. The van der Waals surface area contributed by atoms with Crippen molar-refractivity contribution >= 4 is 17.5 Å². The van der Waals surface area contributed by atoms with Crippen molar-refractivity contribution in [1.29, 1.82) is 0 Å². The summed E-state index contributed by atoms with van der Waals surface area (Å²) in [5.41, 5.74) is 5.49. The summed E-state index contributed by atoms with van der Waals surface area (Å²) in [6.07, 6.45) is -0.0321. The quantitative estimate of drug-likeness (QED) is 0.503. The van der Waals surface area contributed by atoms with Gasteiger partial charge in [0.05, 0.1) is 12.0 Å². The Morgan fingerprint density at radius 1 is 1.41 bits per heavy atom. The Bertz CT molecular complexity index is 575. The molecule has 0 aliphatic rings. The summed E-state index contributed by atoms with van der Waals surface area (Å²) in [6.45, 7) is -0.226. The Kier molecular flexibility index (Phi) is 6.26. The lowest BCUT2D eigenvalue weighted by Gasteiger charge is -2.17. The molecule has 3 N–H and O–H groups in total. The van der Waals surface area contributed by atoms with E-state index in [0.717, 1.165) is 0 Å². The third-order valence-electron chi connectivity index (χ3n) is 2.85. The van der Waals surface area contributed by atoms with E-state index in [1.807, 2.05) is 0 Å². The maximum absolute atomic E-state index is 11.5. The second kappa shape index (κ2) is 7.93. The number of hydrogen-bond donors (Lipinski definition) is 2. The van der Waals surface area contributed by atoms with Crippen LogP contribution in [0.1, 0.15) is 5.56 Å². The Morgan fingerprint density at radius 2 is 2.09 bits per heavy atom. The number of nitrogens with two attached hydrogens (primary N) is 1. The fourth-order valence-electron chi connectivity index (χ4n) is 1.85. The van der Waals surface area contributed by atoms with E-state index in [0.29, 0.717) is 11.3 Å². The fraction of sp³-hybridized carbons (Fsp3) is 0.385. The second-order valence-electron chi connectivity index (χ2n) is 4.41. The molecule has 22 heavy (non-hydrogen) atoms. The number of nitrogens with zero attached hydrogens (tertiary/aromatic N) is 1. The van der Waals surface area contributed by atoms with Crippen LogP contribution < -0.4 is 15.8 Å². The van der Waals surface area contributed by atoms with Crippen molar-refractivity contribution in [3.63, 3.8) is 0 Å². The first-order chi connectivity index (χ1) is 10.4. The third kappa shape index (κ3) is 4.70. The van der Waals surface area contributed by atoms with Gasteiger partial charge in [-0.15, -0.1) is 0 Å². The first-order valence-electron chi connectivity index (χ1n) is 6.28. The molecule has 1 rings (SSSR count). The highest BCUT2D eigenvalue weighted by Gasteiger charge is 2.22. The number of nitro benzene ring substituents is 1. The van der Waals surface area contributed by atoms with Gasteiger partial charge in [0.1, 0.15) is 18.4 Å². The van der Waals surface area contributed by atoms with Crippen LogP contribution in [0, 0.1) is 10.1 Å². The minimum absolute atomic E-state index is 0.0321. The molecule has 120 valence electrons. The van der Waals surface area contributed by atoms with E-state index < -0.39 is 22.8 Å². The van der Waals surface area contributed by atoms with Crippen molar-refractivity contribution < 1.29 is 24.0 Å². The van der Waals surface area contributed by atoms with Crippen LogP contribution in [0.2, 0.25) is 0 Å². The van der Waals surface area contributed by atoms with Gasteiger partial charge in [-0.3, -0.25) is 19.7 Å². The maximum Gasteiger partial charge on any atom is 0.269 e. The number of nitro groups is 1. The number of ether oxygens (including phenoxy) is 2. The first-order valence-corrected chi connectivity index (χ1v) is 6.28. The number of non-ortho nitro benzene ring substituents is 1. The Balaban J connectivity index is 3.01. The van der Waals surface area contributed by atoms with Gasteiger partial charge in [0.25, 0.3) is 5.69 Å². The van der Waals surface area contributed by atoms with Crippen molar-refractivity contribution in [2.45, 2.75) is 12.5 Å². The summed E-state index contributed by atoms with van der Waals surface area (Å²) in [5, 5.41) is 13.2. The molecule has 0 radical (unpaired) electrons. The zero-order chi connectivity index (χ0) is 16.7. The van der Waals surface area contributed by atoms with E-state index in [-0.39, 0.29) is 18.7 Å². The number of carbonyl (C=O) groups is 2. The largest absolute Gasteiger partial charge is 0.496 e. The van der Waals surface area contributed by atoms with Gasteiger partial charge in [0.2, 0.25) is 11.8 Å². The van der Waals surface area contributed by atoms with Gasteiger partial charge in [0, 0.05) is 31.2 Å². The van der Waals surface area contributed by atoms with Gasteiger partial charge < -0.3 is 20.5 Å². The predicted molar refractivity (Wildman–Crippen MR) is 76.4 cm³/mol. The van der Waals surface area contributed by atoms with Crippen molar-refractivity contribution in [2.75, 3.05) is 20.8 Å². The maximum atomic E-state index is 11.5. The number of primary amides is 1. The number of nitrogens with one attached hydrogen (secondary N) is 1. The number of methoxy groups -OCH3 is 2. The molecular weight excluding hydrogens is 294 g/mol. The van der Waals surface area contributed by atoms with Crippen LogP contribution in [-0.2, 0) is 20.7 Å². The van der Waals surface area contributed by atoms with E-state index in [1.165, 1.54) is 32.4 Å². The van der Waals surface area contributed by atoms with Crippen molar-refractivity contribution in [3.05, 3.63) is 33.9 Å². The normalized spacial score (nSPS) is 11.5. The average molecular weight is 311 g/mol. The van der Waals surface area contributed by atoms with Crippen LogP contribution in [0.15, 0.2) is 18.2 Å². The lowest BCUT2D eigenvalue weighted by atomic mass is 10.0. The molecule has 0 saturated heterocycles. The van der Waals surface area contributed by atoms with Gasteiger partial charge in [-0.05, 0) is 6.07 Å². The highest BCUT2D eigenvalue weighted by atomic mass is 16.6. The van der Waals surface area contributed by atoms with Gasteiger partial charge >= 0.3 is 0 Å². The minimum atomic E-state index is -1.03. The minimum Gasteiger partial charge on any atom is -0.496 e. The average Bonchev–Trinajstić information content (AvgIpc) is 2.46. The van der Waals surface area contributed by atoms with E-state index in [9.17, 15) is 19.7 Å². The van der Waals surface area contributed by atoms with E-state index in [2.05, 4.69) is 10.1 Å². The van der Waals surface area contributed by atoms with Crippen LogP contribution in [0.3, 0.4) is 0 Å². The van der Waals surface area contributed by atoms with E-state index in [4.69, 9.17) is 10.5 Å². The lowest BCUT2D eigenvalue weighted by molar-refractivity contribution is -0.384. The zero-order valence-corrected chi connectivity index (χ0v) is 12.2. The fourth-order valence-corrected chi connectivity index (χ4v) is 1.85. The molecule has 0 heterocycles. The smallest absolute Gasteiger partial charge is 0.269 e. The molecular formula is C13H17N3O6. The van der Waals surface area contributed by atoms with Crippen LogP contribution in [0.25, 0.3) is 0 Å². The van der Waals surface area contributed by atoms with E-state index >= 15 is 0 Å².